The minimum Gasteiger partial charge on any atom is -0.504 e. The molecule has 82 valence electrons. The minimum atomic E-state index is -0.0764. The van der Waals surface area contributed by atoms with Gasteiger partial charge in [0.1, 0.15) is 0 Å². The first-order valence-electron chi connectivity index (χ1n) is 4.06. The van der Waals surface area contributed by atoms with Gasteiger partial charge in [-0.2, -0.15) is 0 Å². The van der Waals surface area contributed by atoms with Crippen molar-refractivity contribution in [2.24, 2.45) is 5.73 Å². The molecule has 0 unspecified atom stereocenters. The van der Waals surface area contributed by atoms with Gasteiger partial charge in [-0.25, -0.2) is 0 Å². The van der Waals surface area contributed by atoms with E-state index in [0.29, 0.717) is 0 Å². The van der Waals surface area contributed by atoms with E-state index in [0.717, 1.165) is 0 Å². The highest BCUT2D eigenvalue weighted by Crippen LogP contribution is 2.21. The Morgan fingerprint density at radius 3 is 1.36 bits per heavy atom. The van der Waals surface area contributed by atoms with Gasteiger partial charge in [0.25, 0.3) is 0 Å². The molecule has 0 saturated carbocycles. The molecule has 0 radical (unpaired) electrons. The maximum Gasteiger partial charge on any atom is 0.157 e. The quantitative estimate of drug-likeness (QED) is 0.587. The molecule has 1 aromatic carbocycles. The molecule has 3 nitrogen and oxygen atoms in total. The normalized spacial score (nSPS) is 9.43. The van der Waals surface area contributed by atoms with Crippen LogP contribution in [0.4, 0.5) is 0 Å². The predicted molar refractivity (Wildman–Crippen MR) is 61.0 cm³/mol. The van der Waals surface area contributed by atoms with E-state index in [2.05, 4.69) is 0 Å². The molecule has 1 rings (SSSR count). The molecule has 0 bridgehead atoms. The van der Waals surface area contributed by atoms with E-state index in [1.807, 2.05) is 20.8 Å². The summed E-state index contributed by atoms with van der Waals surface area (Å²) in [7, 11) is 0. The lowest BCUT2D eigenvalue weighted by Gasteiger charge is -2.06. The number of para-hydroxylation sites is 2. The van der Waals surface area contributed by atoms with Crippen LogP contribution in [0, 0.1) is 0 Å². The van der Waals surface area contributed by atoms with Gasteiger partial charge in [-0.15, -0.1) is 12.4 Å². The van der Waals surface area contributed by atoms with Gasteiger partial charge in [-0.05, 0) is 32.9 Å². The molecule has 0 fully saturated rings. The van der Waals surface area contributed by atoms with Crippen LogP contribution in [0.2, 0.25) is 0 Å². The Morgan fingerprint density at radius 1 is 1.00 bits per heavy atom. The summed E-state index contributed by atoms with van der Waals surface area (Å²) in [6.07, 6.45) is 0. The van der Waals surface area contributed by atoms with E-state index < -0.39 is 0 Å². The number of phenols is 2. The second kappa shape index (κ2) is 6.51. The molecule has 0 amide bonds. The summed E-state index contributed by atoms with van der Waals surface area (Å²) in [5.41, 5.74) is 5.35. The maximum absolute atomic E-state index is 8.67. The van der Waals surface area contributed by atoms with Gasteiger partial charge >= 0.3 is 0 Å². The standard InChI is InChI=1S/C6H6O2.C4H11N.ClH/c7-5-3-1-2-4-6(5)8;1-4(2,3)5;/h1-4,7-8H;5H2,1-3H3;1H. The molecular formula is C10H18ClNO2. The first-order valence-corrected chi connectivity index (χ1v) is 4.06. The number of nitrogens with two attached hydrogens (primary N) is 1. The highest BCUT2D eigenvalue weighted by Gasteiger charge is 1.95. The second-order valence-electron chi connectivity index (χ2n) is 3.85. The van der Waals surface area contributed by atoms with Crippen molar-refractivity contribution < 1.29 is 10.2 Å². The maximum atomic E-state index is 8.67. The lowest BCUT2D eigenvalue weighted by molar-refractivity contribution is 0.404. The highest BCUT2D eigenvalue weighted by molar-refractivity contribution is 5.85. The first kappa shape index (κ1) is 15.5. The molecule has 0 spiro atoms. The smallest absolute Gasteiger partial charge is 0.157 e. The summed E-state index contributed by atoms with van der Waals surface area (Å²) in [6.45, 7) is 5.90. The Hall–Kier alpha value is -0.930. The van der Waals surface area contributed by atoms with E-state index in [4.69, 9.17) is 15.9 Å². The van der Waals surface area contributed by atoms with Gasteiger partial charge in [0.15, 0.2) is 11.5 Å². The van der Waals surface area contributed by atoms with Crippen LogP contribution < -0.4 is 5.73 Å². The van der Waals surface area contributed by atoms with E-state index in [1.54, 1.807) is 12.1 Å². The molecule has 14 heavy (non-hydrogen) atoms. The molecule has 0 atom stereocenters. The van der Waals surface area contributed by atoms with Crippen LogP contribution in [-0.4, -0.2) is 15.8 Å². The number of rotatable bonds is 0. The zero-order valence-corrected chi connectivity index (χ0v) is 9.51. The van der Waals surface area contributed by atoms with E-state index in [-0.39, 0.29) is 29.4 Å². The Balaban J connectivity index is 0. The number of hydrogen-bond donors (Lipinski definition) is 3. The van der Waals surface area contributed by atoms with Gasteiger partial charge in [0.2, 0.25) is 0 Å². The molecule has 1 aromatic rings. The minimum absolute atomic E-state index is 0. The van der Waals surface area contributed by atoms with Crippen molar-refractivity contribution in [1.82, 2.24) is 0 Å². The van der Waals surface area contributed by atoms with Crippen LogP contribution in [0.15, 0.2) is 24.3 Å². The molecular weight excluding hydrogens is 202 g/mol. The molecule has 0 aliphatic heterocycles. The van der Waals surface area contributed by atoms with Crippen molar-refractivity contribution in [1.29, 1.82) is 0 Å². The largest absolute Gasteiger partial charge is 0.504 e. The van der Waals surface area contributed by atoms with Crippen LogP contribution in [0.1, 0.15) is 20.8 Å². The number of hydrogen-bond acceptors (Lipinski definition) is 3. The van der Waals surface area contributed by atoms with Crippen molar-refractivity contribution in [3.05, 3.63) is 24.3 Å². The Labute approximate surface area is 91.0 Å². The fourth-order valence-electron chi connectivity index (χ4n) is 0.464. The predicted octanol–water partition coefficient (Wildman–Crippen LogP) is 2.26. The highest BCUT2D eigenvalue weighted by atomic mass is 35.5. The third kappa shape index (κ3) is 11.1. The second-order valence-corrected chi connectivity index (χ2v) is 3.85. The van der Waals surface area contributed by atoms with Crippen LogP contribution in [0.5, 0.6) is 11.5 Å². The fourth-order valence-corrected chi connectivity index (χ4v) is 0.464. The van der Waals surface area contributed by atoms with E-state index in [9.17, 15) is 0 Å². The lowest BCUT2D eigenvalue weighted by atomic mass is 10.1. The van der Waals surface area contributed by atoms with Crippen LogP contribution >= 0.6 is 12.4 Å². The molecule has 4 N–H and O–H groups in total. The molecule has 4 heteroatoms. The number of aromatic hydroxyl groups is 2. The summed E-state index contributed by atoms with van der Waals surface area (Å²) in [4.78, 5) is 0. The van der Waals surface area contributed by atoms with Crippen LogP contribution in [-0.2, 0) is 0 Å². The average molecular weight is 220 g/mol. The average Bonchev–Trinajstić information content (AvgIpc) is 1.92. The van der Waals surface area contributed by atoms with E-state index >= 15 is 0 Å². The van der Waals surface area contributed by atoms with Crippen molar-refractivity contribution in [3.63, 3.8) is 0 Å². The number of benzene rings is 1. The SMILES string of the molecule is CC(C)(C)N.Cl.Oc1ccccc1O. The van der Waals surface area contributed by atoms with Crippen molar-refractivity contribution >= 4 is 12.4 Å². The first-order chi connectivity index (χ1) is 5.80. The topological polar surface area (TPSA) is 66.5 Å². The third-order valence-electron chi connectivity index (χ3n) is 0.882. The van der Waals surface area contributed by atoms with Crippen LogP contribution in [0.3, 0.4) is 0 Å². The van der Waals surface area contributed by atoms with Crippen LogP contribution in [0.25, 0.3) is 0 Å². The monoisotopic (exact) mass is 219 g/mol. The van der Waals surface area contributed by atoms with Gasteiger partial charge in [0.05, 0.1) is 0 Å². The Bertz CT molecular complexity index is 232. The molecule has 0 heterocycles. The van der Waals surface area contributed by atoms with Gasteiger partial charge < -0.3 is 15.9 Å². The molecule has 0 aromatic heterocycles. The third-order valence-corrected chi connectivity index (χ3v) is 0.882. The Kier molecular flexibility index (Phi) is 7.23. The summed E-state index contributed by atoms with van der Waals surface area (Å²) in [6, 6.07) is 6.15. The number of halogens is 1. The molecule has 0 aliphatic carbocycles. The van der Waals surface area contributed by atoms with Gasteiger partial charge in [0, 0.05) is 5.54 Å². The Morgan fingerprint density at radius 2 is 1.21 bits per heavy atom. The number of phenolic OH excluding ortho intramolecular Hbond substituents is 2. The molecule has 0 aliphatic rings. The summed E-state index contributed by atoms with van der Waals surface area (Å²) < 4.78 is 0. The zero-order valence-electron chi connectivity index (χ0n) is 8.69. The summed E-state index contributed by atoms with van der Waals surface area (Å²) in [5.74, 6) is -0.153. The summed E-state index contributed by atoms with van der Waals surface area (Å²) in [5, 5.41) is 17.3. The van der Waals surface area contributed by atoms with Gasteiger partial charge in [-0.3, -0.25) is 0 Å². The lowest BCUT2D eigenvalue weighted by Crippen LogP contribution is -2.26. The van der Waals surface area contributed by atoms with Crippen molar-refractivity contribution in [3.8, 4) is 11.5 Å². The van der Waals surface area contributed by atoms with Crippen molar-refractivity contribution in [2.75, 3.05) is 0 Å². The van der Waals surface area contributed by atoms with Crippen molar-refractivity contribution in [2.45, 2.75) is 26.3 Å². The fraction of sp³-hybridized carbons (Fsp3) is 0.400. The molecule has 0 saturated heterocycles. The van der Waals surface area contributed by atoms with E-state index in [1.165, 1.54) is 12.1 Å². The summed E-state index contributed by atoms with van der Waals surface area (Å²) >= 11 is 0. The zero-order chi connectivity index (χ0) is 10.5. The van der Waals surface area contributed by atoms with Gasteiger partial charge in [-0.1, -0.05) is 12.1 Å².